The molecule has 10 nitrogen and oxygen atoms in total. The topological polar surface area (TPSA) is 92.3 Å². The van der Waals surface area contributed by atoms with Gasteiger partial charge in [-0.25, -0.2) is 0 Å². The monoisotopic (exact) mass is 900 g/mol. The van der Waals surface area contributed by atoms with Crippen LogP contribution < -0.4 is 42.3 Å². The van der Waals surface area contributed by atoms with E-state index in [-0.39, 0.29) is 28.7 Å². The van der Waals surface area contributed by atoms with Gasteiger partial charge < -0.3 is 0 Å². The molecule has 0 saturated carbocycles. The minimum absolute atomic E-state index is 0.270. The zero-order valence-electron chi connectivity index (χ0n) is 36.7. The molecule has 0 atom stereocenters. The first-order valence-corrected chi connectivity index (χ1v) is 25.9. The molecule has 330 valence electrons. The Balaban J connectivity index is 1.88. The summed E-state index contributed by atoms with van der Waals surface area (Å²) < 4.78 is 69.2. The van der Waals surface area contributed by atoms with Crippen molar-refractivity contribution in [3.8, 4) is 57.5 Å². The Morgan fingerprint density at radius 1 is 0.262 bits per heavy atom. The number of hydrogen-bond acceptors (Lipinski definition) is 10. The molecule has 5 aromatic rings. The zero-order chi connectivity index (χ0) is 43.0. The van der Waals surface area contributed by atoms with Crippen molar-refractivity contribution >= 4 is 14.2 Å². The van der Waals surface area contributed by atoms with Crippen LogP contribution in [-0.4, -0.2) is 47.2 Å². The van der Waals surface area contributed by atoms with Gasteiger partial charge in [0.15, 0.2) is 0 Å². The van der Waals surface area contributed by atoms with Crippen molar-refractivity contribution in [2.75, 3.05) is 33.0 Å². The van der Waals surface area contributed by atoms with Gasteiger partial charge in [-0.2, -0.15) is 0 Å². The first-order chi connectivity index (χ1) is 29.9. The fraction of sp³-hybridized carbons (Fsp3) is 0.400. The van der Waals surface area contributed by atoms with Crippen LogP contribution in [0.5, 0.6) is 57.5 Å². The Hall–Kier alpha value is -5.34. The number of para-hydroxylation sites is 10. The first kappa shape index (κ1) is 46.7. The maximum absolute atomic E-state index is 7.43. The van der Waals surface area contributed by atoms with Gasteiger partial charge in [0.2, 0.25) is 0 Å². The summed E-state index contributed by atoms with van der Waals surface area (Å²) in [5.41, 5.74) is 0. The molecule has 0 amide bonds. The van der Waals surface area contributed by atoms with E-state index in [9.17, 15) is 0 Å². The van der Waals surface area contributed by atoms with Crippen molar-refractivity contribution in [1.82, 2.24) is 0 Å². The van der Waals surface area contributed by atoms with E-state index in [1.54, 1.807) is 30.3 Å². The molecule has 11 heteroatoms. The van der Waals surface area contributed by atoms with Crippen molar-refractivity contribution in [3.63, 3.8) is 0 Å². The molecule has 0 spiro atoms. The van der Waals surface area contributed by atoms with Gasteiger partial charge in [-0.1, -0.05) is 0 Å². The molecule has 0 N–H and O–H groups in total. The molecule has 0 radical (unpaired) electrons. The van der Waals surface area contributed by atoms with Gasteiger partial charge in [0.1, 0.15) is 0 Å². The predicted molar refractivity (Wildman–Crippen MR) is 243 cm³/mol. The van der Waals surface area contributed by atoms with E-state index in [0.29, 0.717) is 61.8 Å². The van der Waals surface area contributed by atoms with Gasteiger partial charge in [-0.15, -0.1) is 0 Å². The molecular formula is C50H65AsO10. The van der Waals surface area contributed by atoms with Gasteiger partial charge in [0, 0.05) is 0 Å². The molecule has 0 unspecified atom stereocenters. The standard InChI is InChI=1S/C50H65AsO10/c1-6-11-36-52-41-26-16-21-31-46(41)57-51(58-47-32-22-17-27-42(47)53-37-12-7-2,59-48-33-23-18-28-43(48)54-38-13-8-3,60-49-34-24-19-29-44(49)55-39-14-9-4)61-50-35-25-20-30-45(50)56-40-15-10-5/h16-35H,6-15,36-40H2,1-5H3. The molecular weight excluding hydrogens is 835 g/mol. The average Bonchev–Trinajstić information content (AvgIpc) is 3.27. The van der Waals surface area contributed by atoms with Crippen LogP contribution in [0.4, 0.5) is 0 Å². The molecule has 0 fully saturated rings. The van der Waals surface area contributed by atoms with Crippen LogP contribution in [0.25, 0.3) is 0 Å². The van der Waals surface area contributed by atoms with Crippen molar-refractivity contribution in [2.45, 2.75) is 98.8 Å². The molecule has 0 aromatic heterocycles. The predicted octanol–water partition coefficient (Wildman–Crippen LogP) is 13.2. The molecule has 0 heterocycles. The van der Waals surface area contributed by atoms with E-state index < -0.39 is 14.2 Å². The normalized spacial score (nSPS) is 11.7. The van der Waals surface area contributed by atoms with Gasteiger partial charge in [-0.3, -0.25) is 0 Å². The van der Waals surface area contributed by atoms with Crippen LogP contribution in [0.15, 0.2) is 121 Å². The zero-order valence-corrected chi connectivity index (χ0v) is 38.6. The third kappa shape index (κ3) is 13.8. The van der Waals surface area contributed by atoms with Crippen LogP contribution in [0.1, 0.15) is 98.8 Å². The molecule has 61 heavy (non-hydrogen) atoms. The van der Waals surface area contributed by atoms with Crippen LogP contribution >= 0.6 is 0 Å². The van der Waals surface area contributed by atoms with Crippen LogP contribution in [0.3, 0.4) is 0 Å². The fourth-order valence-corrected chi connectivity index (χ4v) is 11.6. The summed E-state index contributed by atoms with van der Waals surface area (Å²) in [6.45, 7) is 12.8. The number of hydrogen-bond donors (Lipinski definition) is 0. The molecule has 5 aromatic carbocycles. The summed E-state index contributed by atoms with van der Waals surface area (Å²) in [6.07, 6.45) is 8.86. The number of benzene rings is 5. The Bertz CT molecular complexity index is 1680. The third-order valence-electron chi connectivity index (χ3n) is 9.26. The third-order valence-corrected chi connectivity index (χ3v) is 14.5. The van der Waals surface area contributed by atoms with Gasteiger partial charge in [-0.05, 0) is 0 Å². The number of ether oxygens (including phenoxy) is 5. The Labute approximate surface area is 365 Å². The Kier molecular flexibility index (Phi) is 19.0. The Morgan fingerprint density at radius 3 is 0.590 bits per heavy atom. The van der Waals surface area contributed by atoms with Crippen LogP contribution in [0.2, 0.25) is 0 Å². The van der Waals surface area contributed by atoms with E-state index in [2.05, 4.69) is 34.6 Å². The average molecular weight is 901 g/mol. The summed E-state index contributed by atoms with van der Waals surface area (Å²) in [5.74, 6) is 3.59. The van der Waals surface area contributed by atoms with Crippen molar-refractivity contribution in [3.05, 3.63) is 121 Å². The summed E-state index contributed by atoms with van der Waals surface area (Å²) in [5, 5.41) is 0. The van der Waals surface area contributed by atoms with Crippen molar-refractivity contribution < 1.29 is 42.3 Å². The van der Waals surface area contributed by atoms with E-state index in [1.807, 2.05) is 91.0 Å². The van der Waals surface area contributed by atoms with E-state index in [1.165, 1.54) is 0 Å². The van der Waals surface area contributed by atoms with Crippen molar-refractivity contribution in [2.24, 2.45) is 0 Å². The van der Waals surface area contributed by atoms with Gasteiger partial charge in [0.05, 0.1) is 0 Å². The van der Waals surface area contributed by atoms with E-state index in [4.69, 9.17) is 42.3 Å². The second-order valence-corrected chi connectivity index (χ2v) is 19.5. The molecule has 0 aliphatic carbocycles. The SMILES string of the molecule is CCCCOc1ccccc1O[As](Oc1ccccc1OCCCC)(Oc1ccccc1OCCCC)(Oc1ccccc1OCCCC)Oc1ccccc1OCCCC. The fourth-order valence-electron chi connectivity index (χ4n) is 5.85. The van der Waals surface area contributed by atoms with E-state index in [0.717, 1.165) is 64.2 Å². The maximum atomic E-state index is 7.43. The summed E-state index contributed by atoms with van der Waals surface area (Å²) >= 11 is -6.78. The first-order valence-electron chi connectivity index (χ1n) is 22.1. The summed E-state index contributed by atoms with van der Waals surface area (Å²) in [4.78, 5) is 0. The van der Waals surface area contributed by atoms with Gasteiger partial charge in [0.25, 0.3) is 0 Å². The Morgan fingerprint density at radius 2 is 0.426 bits per heavy atom. The van der Waals surface area contributed by atoms with Crippen LogP contribution in [0, 0.1) is 0 Å². The van der Waals surface area contributed by atoms with Crippen LogP contribution in [-0.2, 0) is 0 Å². The summed E-state index contributed by atoms with van der Waals surface area (Å²) in [7, 11) is 0. The molecule has 0 saturated heterocycles. The number of rotatable bonds is 30. The second kappa shape index (κ2) is 24.8. The molecule has 0 aliphatic rings. The van der Waals surface area contributed by atoms with Crippen molar-refractivity contribution in [1.29, 1.82) is 0 Å². The summed E-state index contributed by atoms with van der Waals surface area (Å²) in [6, 6.07) is 36.9. The van der Waals surface area contributed by atoms with Gasteiger partial charge >= 0.3 is 367 Å². The number of unbranched alkanes of at least 4 members (excludes halogenated alkanes) is 5. The molecule has 0 bridgehead atoms. The van der Waals surface area contributed by atoms with E-state index >= 15 is 0 Å². The molecule has 5 rings (SSSR count). The molecule has 0 aliphatic heterocycles. The quantitative estimate of drug-likeness (QED) is 0.0328. The minimum atomic E-state index is -6.78. The second-order valence-electron chi connectivity index (χ2n) is 14.4.